The van der Waals surface area contributed by atoms with Gasteiger partial charge in [-0.05, 0) is 24.3 Å². The molecule has 3 rings (SSSR count). The Kier molecular flexibility index (Phi) is 3.51. The van der Waals surface area contributed by atoms with Crippen molar-refractivity contribution in [1.29, 1.82) is 0 Å². The number of rotatable bonds is 3. The normalized spacial score (nSPS) is 19.4. The van der Waals surface area contributed by atoms with Gasteiger partial charge in [0.2, 0.25) is 0 Å². The second-order valence-electron chi connectivity index (χ2n) is 5.63. The van der Waals surface area contributed by atoms with Crippen molar-refractivity contribution in [1.82, 2.24) is 0 Å². The van der Waals surface area contributed by atoms with Crippen molar-refractivity contribution < 1.29 is 5.11 Å². The van der Waals surface area contributed by atoms with Crippen LogP contribution in [0.5, 0.6) is 5.75 Å². The molecule has 0 aromatic heterocycles. The third-order valence-corrected chi connectivity index (χ3v) is 4.86. The van der Waals surface area contributed by atoms with Crippen LogP contribution >= 0.6 is 11.6 Å². The molecule has 1 aliphatic heterocycles. The molecule has 0 saturated heterocycles. The van der Waals surface area contributed by atoms with Crippen LogP contribution in [0.4, 0.5) is 5.69 Å². The minimum absolute atomic E-state index is 0.339. The van der Waals surface area contributed by atoms with E-state index >= 15 is 0 Å². The van der Waals surface area contributed by atoms with Crippen LogP contribution in [-0.2, 0) is 0 Å². The van der Waals surface area contributed by atoms with E-state index in [0.717, 1.165) is 29.4 Å². The fraction of sp³-hybridized carbons (Fsp3) is 0.412. The van der Waals surface area contributed by atoms with Gasteiger partial charge >= 0.3 is 0 Å². The van der Waals surface area contributed by atoms with Crippen LogP contribution in [0.25, 0.3) is 10.8 Å². The van der Waals surface area contributed by atoms with Crippen molar-refractivity contribution in [3.8, 4) is 5.75 Å². The van der Waals surface area contributed by atoms with E-state index in [4.69, 9.17) is 11.6 Å². The van der Waals surface area contributed by atoms with Gasteiger partial charge in [-0.2, -0.15) is 0 Å². The zero-order chi connectivity index (χ0) is 14.3. The number of phenolic OH excluding ortho intramolecular Hbond substituents is 1. The number of nitrogens with zero attached hydrogens (tertiary/aromatic N) is 1. The van der Waals surface area contributed by atoms with E-state index in [2.05, 4.69) is 24.8 Å². The first-order chi connectivity index (χ1) is 9.67. The van der Waals surface area contributed by atoms with E-state index in [1.807, 2.05) is 24.3 Å². The van der Waals surface area contributed by atoms with E-state index in [1.54, 1.807) is 0 Å². The molecule has 2 aromatic carbocycles. The monoisotopic (exact) mass is 289 g/mol. The molecule has 0 radical (unpaired) electrons. The van der Waals surface area contributed by atoms with Gasteiger partial charge in [-0.3, -0.25) is 0 Å². The fourth-order valence-electron chi connectivity index (χ4n) is 3.22. The average Bonchev–Trinajstić information content (AvgIpc) is 2.85. The van der Waals surface area contributed by atoms with Crippen molar-refractivity contribution in [2.45, 2.75) is 32.2 Å². The van der Waals surface area contributed by atoms with Crippen LogP contribution in [0.3, 0.4) is 0 Å². The molecule has 20 heavy (non-hydrogen) atoms. The maximum Gasteiger partial charge on any atom is 0.125 e. The Morgan fingerprint density at radius 1 is 1.35 bits per heavy atom. The molecule has 0 saturated carbocycles. The van der Waals surface area contributed by atoms with Crippen LogP contribution < -0.4 is 4.90 Å². The zero-order valence-electron chi connectivity index (χ0n) is 11.9. The second-order valence-corrected chi connectivity index (χ2v) is 5.94. The standard InChI is InChI=1S/C17H20ClNO/c1-3-11(2)19-10-12(9-18)17-14-7-5-4-6-13(14)16(20)8-15(17)19/h4-8,11-12,20H,3,9-10H2,1-2H3. The van der Waals surface area contributed by atoms with Crippen molar-refractivity contribution in [2.75, 3.05) is 17.3 Å². The van der Waals surface area contributed by atoms with Crippen molar-refractivity contribution >= 4 is 28.1 Å². The van der Waals surface area contributed by atoms with Gasteiger partial charge in [-0.1, -0.05) is 31.2 Å². The average molecular weight is 290 g/mol. The summed E-state index contributed by atoms with van der Waals surface area (Å²) in [6.07, 6.45) is 1.09. The highest BCUT2D eigenvalue weighted by Gasteiger charge is 2.32. The van der Waals surface area contributed by atoms with Gasteiger partial charge in [0.1, 0.15) is 5.75 Å². The number of phenols is 1. The Morgan fingerprint density at radius 2 is 2.05 bits per heavy atom. The number of aromatic hydroxyl groups is 1. The summed E-state index contributed by atoms with van der Waals surface area (Å²) >= 11 is 6.20. The minimum atomic E-state index is 0.339. The highest BCUT2D eigenvalue weighted by Crippen LogP contribution is 2.45. The molecule has 0 bridgehead atoms. The van der Waals surface area contributed by atoms with E-state index in [0.29, 0.717) is 23.6 Å². The molecule has 2 aromatic rings. The lowest BCUT2D eigenvalue weighted by Gasteiger charge is -2.27. The van der Waals surface area contributed by atoms with Crippen LogP contribution in [0.15, 0.2) is 30.3 Å². The molecular weight excluding hydrogens is 270 g/mol. The van der Waals surface area contributed by atoms with Crippen LogP contribution in [-0.4, -0.2) is 23.6 Å². The third kappa shape index (κ3) is 1.94. The van der Waals surface area contributed by atoms with Gasteiger partial charge in [-0.15, -0.1) is 11.6 Å². The minimum Gasteiger partial charge on any atom is -0.507 e. The number of benzene rings is 2. The molecule has 0 spiro atoms. The summed E-state index contributed by atoms with van der Waals surface area (Å²) in [4.78, 5) is 2.38. The van der Waals surface area contributed by atoms with E-state index in [-0.39, 0.29) is 0 Å². The summed E-state index contributed by atoms with van der Waals surface area (Å²) < 4.78 is 0. The van der Waals surface area contributed by atoms with Crippen LogP contribution in [0.2, 0.25) is 0 Å². The number of alkyl halides is 1. The lowest BCUT2D eigenvalue weighted by molar-refractivity contribution is 0.481. The van der Waals surface area contributed by atoms with Crippen molar-refractivity contribution in [3.63, 3.8) is 0 Å². The molecule has 0 amide bonds. The maximum atomic E-state index is 10.3. The Balaban J connectivity index is 2.26. The van der Waals surface area contributed by atoms with Gasteiger partial charge in [0, 0.05) is 41.5 Å². The van der Waals surface area contributed by atoms with Crippen LogP contribution in [0.1, 0.15) is 31.7 Å². The van der Waals surface area contributed by atoms with Gasteiger partial charge in [0.25, 0.3) is 0 Å². The fourth-order valence-corrected chi connectivity index (χ4v) is 3.47. The summed E-state index contributed by atoms with van der Waals surface area (Å²) in [5.41, 5.74) is 2.45. The van der Waals surface area contributed by atoms with Gasteiger partial charge < -0.3 is 10.0 Å². The molecule has 1 aliphatic rings. The Bertz CT molecular complexity index is 640. The molecular formula is C17H20ClNO. The smallest absolute Gasteiger partial charge is 0.125 e. The largest absolute Gasteiger partial charge is 0.507 e. The molecule has 2 atom stereocenters. The summed E-state index contributed by atoms with van der Waals surface area (Å²) in [6.45, 7) is 5.37. The van der Waals surface area contributed by atoms with E-state index in [9.17, 15) is 5.11 Å². The van der Waals surface area contributed by atoms with Gasteiger partial charge in [0.05, 0.1) is 0 Å². The Labute approximate surface area is 125 Å². The van der Waals surface area contributed by atoms with Crippen molar-refractivity contribution in [2.24, 2.45) is 0 Å². The molecule has 2 nitrogen and oxygen atoms in total. The number of hydrogen-bond donors (Lipinski definition) is 1. The number of fused-ring (bicyclic) bond motifs is 3. The molecule has 3 heteroatoms. The zero-order valence-corrected chi connectivity index (χ0v) is 12.7. The predicted molar refractivity (Wildman–Crippen MR) is 86.2 cm³/mol. The van der Waals surface area contributed by atoms with Gasteiger partial charge in [0.15, 0.2) is 0 Å². The van der Waals surface area contributed by atoms with Crippen molar-refractivity contribution in [3.05, 3.63) is 35.9 Å². The first kappa shape index (κ1) is 13.6. The van der Waals surface area contributed by atoms with Gasteiger partial charge in [-0.25, -0.2) is 0 Å². The Morgan fingerprint density at radius 3 is 2.70 bits per heavy atom. The maximum absolute atomic E-state index is 10.3. The molecule has 1 heterocycles. The molecule has 0 aliphatic carbocycles. The lowest BCUT2D eigenvalue weighted by atomic mass is 9.95. The number of hydrogen-bond acceptors (Lipinski definition) is 2. The first-order valence-electron chi connectivity index (χ1n) is 7.24. The number of anilines is 1. The topological polar surface area (TPSA) is 23.5 Å². The predicted octanol–water partition coefficient (Wildman–Crippen LogP) is 4.49. The SMILES string of the molecule is CCC(C)N1CC(CCl)c2c1cc(O)c1ccccc21. The van der Waals surface area contributed by atoms with Crippen LogP contribution in [0, 0.1) is 0 Å². The summed E-state index contributed by atoms with van der Waals surface area (Å²) in [6, 6.07) is 10.4. The lowest BCUT2D eigenvalue weighted by Crippen LogP contribution is -2.31. The quantitative estimate of drug-likeness (QED) is 0.842. The first-order valence-corrected chi connectivity index (χ1v) is 7.78. The number of halogens is 1. The summed E-state index contributed by atoms with van der Waals surface area (Å²) in [5.74, 6) is 1.32. The molecule has 0 fully saturated rings. The summed E-state index contributed by atoms with van der Waals surface area (Å²) in [7, 11) is 0. The summed E-state index contributed by atoms with van der Waals surface area (Å²) in [5, 5.41) is 12.4. The Hall–Kier alpha value is -1.41. The third-order valence-electron chi connectivity index (χ3n) is 4.49. The highest BCUT2D eigenvalue weighted by molar-refractivity contribution is 6.18. The van der Waals surface area contributed by atoms with E-state index in [1.165, 1.54) is 5.56 Å². The molecule has 106 valence electrons. The second kappa shape index (κ2) is 5.17. The molecule has 2 unspecified atom stereocenters. The van der Waals surface area contributed by atoms with E-state index < -0.39 is 0 Å². The highest BCUT2D eigenvalue weighted by atomic mass is 35.5. The molecule has 1 N–H and O–H groups in total.